The van der Waals surface area contributed by atoms with Crippen molar-refractivity contribution in [3.05, 3.63) is 29.6 Å². The van der Waals surface area contributed by atoms with Crippen LogP contribution < -0.4 is 0 Å². The van der Waals surface area contributed by atoms with Gasteiger partial charge in [-0.1, -0.05) is 0 Å². The third-order valence-corrected chi connectivity index (χ3v) is 4.88. The van der Waals surface area contributed by atoms with Crippen LogP contribution in [0.4, 0.5) is 13.2 Å². The Labute approximate surface area is 133 Å². The number of aromatic nitrogens is 1. The van der Waals surface area contributed by atoms with E-state index in [1.165, 1.54) is 6.07 Å². The number of rotatable bonds is 2. The number of hydrogen-bond acceptors (Lipinski definition) is 3. The maximum Gasteiger partial charge on any atom is 0.433 e. The molecule has 0 bridgehead atoms. The molecule has 126 valence electrons. The van der Waals surface area contributed by atoms with Crippen molar-refractivity contribution in [2.45, 2.75) is 43.9 Å². The number of amides is 1. The van der Waals surface area contributed by atoms with Crippen LogP contribution in [0.3, 0.4) is 0 Å². The lowest BCUT2D eigenvalue weighted by atomic mass is 10.0. The van der Waals surface area contributed by atoms with E-state index < -0.39 is 11.9 Å². The van der Waals surface area contributed by atoms with E-state index in [-0.39, 0.29) is 17.5 Å². The quantitative estimate of drug-likeness (QED) is 0.838. The molecule has 2 fully saturated rings. The summed E-state index contributed by atoms with van der Waals surface area (Å²) >= 11 is 0. The van der Waals surface area contributed by atoms with Crippen LogP contribution in [0.15, 0.2) is 18.3 Å². The van der Waals surface area contributed by atoms with Crippen molar-refractivity contribution >= 4 is 5.91 Å². The first-order valence-electron chi connectivity index (χ1n) is 7.92. The fourth-order valence-corrected chi connectivity index (χ4v) is 3.72. The van der Waals surface area contributed by atoms with Gasteiger partial charge in [0.05, 0.1) is 5.56 Å². The third kappa shape index (κ3) is 3.20. The average Bonchev–Trinajstić information content (AvgIpc) is 3.14. The molecule has 3 heterocycles. The highest BCUT2D eigenvalue weighted by molar-refractivity contribution is 5.94. The first kappa shape index (κ1) is 16.2. The van der Waals surface area contributed by atoms with Crippen molar-refractivity contribution in [1.82, 2.24) is 14.8 Å². The van der Waals surface area contributed by atoms with E-state index in [1.54, 1.807) is 0 Å². The summed E-state index contributed by atoms with van der Waals surface area (Å²) in [6.07, 6.45) is 0.643. The predicted molar refractivity (Wildman–Crippen MR) is 78.9 cm³/mol. The molecule has 3 rings (SSSR count). The van der Waals surface area contributed by atoms with E-state index in [2.05, 4.69) is 16.9 Å². The summed E-state index contributed by atoms with van der Waals surface area (Å²) in [5.74, 6) is -0.214. The summed E-state index contributed by atoms with van der Waals surface area (Å²) in [5, 5.41) is 0. The van der Waals surface area contributed by atoms with Gasteiger partial charge < -0.3 is 9.80 Å². The minimum absolute atomic E-state index is 0.150. The number of halogens is 3. The fourth-order valence-electron chi connectivity index (χ4n) is 3.72. The molecule has 0 aliphatic carbocycles. The van der Waals surface area contributed by atoms with Gasteiger partial charge >= 0.3 is 6.18 Å². The number of carbonyl (C=O) groups is 1. The van der Waals surface area contributed by atoms with Crippen LogP contribution in [0.25, 0.3) is 0 Å². The zero-order valence-electron chi connectivity index (χ0n) is 13.0. The monoisotopic (exact) mass is 327 g/mol. The molecule has 0 aromatic carbocycles. The Balaban J connectivity index is 1.76. The Bertz CT molecular complexity index is 573. The smallest absolute Gasteiger partial charge is 0.334 e. The minimum Gasteiger partial charge on any atom is -0.334 e. The van der Waals surface area contributed by atoms with E-state index in [4.69, 9.17) is 0 Å². The first-order valence-corrected chi connectivity index (χ1v) is 7.92. The van der Waals surface area contributed by atoms with Crippen LogP contribution in [0.1, 0.15) is 41.7 Å². The summed E-state index contributed by atoms with van der Waals surface area (Å²) in [5.41, 5.74) is -0.743. The Hall–Kier alpha value is -1.63. The van der Waals surface area contributed by atoms with Gasteiger partial charge in [-0.2, -0.15) is 13.2 Å². The lowest BCUT2D eigenvalue weighted by Gasteiger charge is -2.33. The standard InChI is InChI=1S/C16H20F3N3O/c1-21-8-2-4-12(21)13-5-3-9-22(13)15(23)11-6-7-14(20-10-11)16(17,18)19/h6-7,10,12-13H,2-5,8-9H2,1H3/t12-,13-/m1/s1. The zero-order chi connectivity index (χ0) is 16.6. The molecule has 0 saturated carbocycles. The summed E-state index contributed by atoms with van der Waals surface area (Å²) in [7, 11) is 2.07. The van der Waals surface area contributed by atoms with Crippen molar-refractivity contribution < 1.29 is 18.0 Å². The van der Waals surface area contributed by atoms with E-state index in [9.17, 15) is 18.0 Å². The first-order chi connectivity index (χ1) is 10.9. The maximum absolute atomic E-state index is 12.7. The number of nitrogens with zero attached hydrogens (tertiary/aromatic N) is 3. The summed E-state index contributed by atoms with van der Waals surface area (Å²) < 4.78 is 37.7. The fraction of sp³-hybridized carbons (Fsp3) is 0.625. The Morgan fingerprint density at radius 1 is 1.17 bits per heavy atom. The number of hydrogen-bond donors (Lipinski definition) is 0. The lowest BCUT2D eigenvalue weighted by molar-refractivity contribution is -0.141. The molecule has 0 spiro atoms. The largest absolute Gasteiger partial charge is 0.433 e. The van der Waals surface area contributed by atoms with Gasteiger partial charge in [0.2, 0.25) is 0 Å². The van der Waals surface area contributed by atoms with Crippen molar-refractivity contribution in [3.8, 4) is 0 Å². The van der Waals surface area contributed by atoms with Gasteiger partial charge in [-0.3, -0.25) is 9.78 Å². The normalized spacial score (nSPS) is 26.0. The Morgan fingerprint density at radius 3 is 2.43 bits per heavy atom. The topological polar surface area (TPSA) is 36.4 Å². The molecule has 4 nitrogen and oxygen atoms in total. The molecule has 0 N–H and O–H groups in total. The highest BCUT2D eigenvalue weighted by Crippen LogP contribution is 2.31. The van der Waals surface area contributed by atoms with Gasteiger partial charge in [-0.15, -0.1) is 0 Å². The van der Waals surface area contributed by atoms with E-state index >= 15 is 0 Å². The number of likely N-dealkylation sites (N-methyl/N-ethyl adjacent to an activating group) is 1. The summed E-state index contributed by atoms with van der Waals surface area (Å²) in [4.78, 5) is 20.2. The molecule has 1 aromatic heterocycles. The van der Waals surface area contributed by atoms with E-state index in [0.717, 1.165) is 44.5 Å². The molecular weight excluding hydrogens is 307 g/mol. The number of pyridine rings is 1. The number of alkyl halides is 3. The molecule has 0 radical (unpaired) electrons. The average molecular weight is 327 g/mol. The van der Waals surface area contributed by atoms with Crippen molar-refractivity contribution in [2.75, 3.05) is 20.1 Å². The van der Waals surface area contributed by atoms with Crippen molar-refractivity contribution in [3.63, 3.8) is 0 Å². The molecule has 2 atom stereocenters. The van der Waals surface area contributed by atoms with Crippen LogP contribution >= 0.6 is 0 Å². The van der Waals surface area contributed by atoms with E-state index in [1.807, 2.05) is 4.90 Å². The van der Waals surface area contributed by atoms with Gasteiger partial charge in [-0.25, -0.2) is 0 Å². The molecule has 2 aliphatic rings. The van der Waals surface area contributed by atoms with Crippen LogP contribution in [0.5, 0.6) is 0 Å². The second kappa shape index (κ2) is 6.11. The molecule has 7 heteroatoms. The van der Waals surface area contributed by atoms with Gasteiger partial charge in [0.25, 0.3) is 5.91 Å². The van der Waals surface area contributed by atoms with Gasteiger partial charge in [0.1, 0.15) is 5.69 Å². The van der Waals surface area contributed by atoms with Gasteiger partial charge in [-0.05, 0) is 51.4 Å². The molecule has 2 saturated heterocycles. The molecule has 0 unspecified atom stereocenters. The predicted octanol–water partition coefficient (Wildman–Crippen LogP) is 2.80. The van der Waals surface area contributed by atoms with Crippen LogP contribution in [-0.2, 0) is 6.18 Å². The molecule has 1 amide bonds. The van der Waals surface area contributed by atoms with Gasteiger partial charge in [0, 0.05) is 24.8 Å². The van der Waals surface area contributed by atoms with Gasteiger partial charge in [0.15, 0.2) is 0 Å². The van der Waals surface area contributed by atoms with Crippen LogP contribution in [-0.4, -0.2) is 52.9 Å². The zero-order valence-corrected chi connectivity index (χ0v) is 13.0. The van der Waals surface area contributed by atoms with E-state index in [0.29, 0.717) is 12.6 Å². The molecule has 2 aliphatic heterocycles. The number of likely N-dealkylation sites (tertiary alicyclic amines) is 2. The Kier molecular flexibility index (Phi) is 4.31. The second-order valence-corrected chi connectivity index (χ2v) is 6.33. The lowest BCUT2D eigenvalue weighted by Crippen LogP contribution is -2.47. The SMILES string of the molecule is CN1CCC[C@@H]1[C@H]1CCCN1C(=O)c1ccc(C(F)(F)F)nc1. The highest BCUT2D eigenvalue weighted by Gasteiger charge is 2.39. The summed E-state index contributed by atoms with van der Waals surface area (Å²) in [6, 6.07) is 2.60. The molecule has 1 aromatic rings. The third-order valence-electron chi connectivity index (χ3n) is 4.88. The van der Waals surface area contributed by atoms with Crippen LogP contribution in [0, 0.1) is 0 Å². The minimum atomic E-state index is -4.48. The molecule has 23 heavy (non-hydrogen) atoms. The Morgan fingerprint density at radius 2 is 1.87 bits per heavy atom. The molecular formula is C16H20F3N3O. The van der Waals surface area contributed by atoms with Crippen LogP contribution in [0.2, 0.25) is 0 Å². The number of carbonyl (C=O) groups excluding carboxylic acids is 1. The highest BCUT2D eigenvalue weighted by atomic mass is 19.4. The van der Waals surface area contributed by atoms with Crippen molar-refractivity contribution in [2.24, 2.45) is 0 Å². The summed E-state index contributed by atoms with van der Waals surface area (Å²) in [6.45, 7) is 1.69. The maximum atomic E-state index is 12.7. The second-order valence-electron chi connectivity index (χ2n) is 6.33. The van der Waals surface area contributed by atoms with Crippen molar-refractivity contribution in [1.29, 1.82) is 0 Å².